The zero-order valence-electron chi connectivity index (χ0n) is 24.5. The molecule has 218 valence electrons. The fraction of sp³-hybridized carbons (Fsp3) is 0.600. The summed E-state index contributed by atoms with van der Waals surface area (Å²) < 4.78 is 0. The minimum absolute atomic E-state index is 0.250. The lowest BCUT2D eigenvalue weighted by Crippen LogP contribution is -2.66. The molecule has 9 nitrogen and oxygen atoms in total. The molecule has 1 heterocycles. The molecule has 1 saturated carbocycles. The van der Waals surface area contributed by atoms with E-state index in [-0.39, 0.29) is 6.47 Å². The van der Waals surface area contributed by atoms with Crippen LogP contribution in [0, 0.1) is 5.41 Å². The van der Waals surface area contributed by atoms with Crippen LogP contribution in [-0.2, 0) is 16.1 Å². The van der Waals surface area contributed by atoms with Crippen LogP contribution in [0.25, 0.3) is 0 Å². The van der Waals surface area contributed by atoms with Gasteiger partial charge in [-0.1, -0.05) is 57.5 Å². The lowest BCUT2D eigenvalue weighted by atomic mass is 9.60. The summed E-state index contributed by atoms with van der Waals surface area (Å²) in [4.78, 5) is 35.2. The zero-order chi connectivity index (χ0) is 28.9. The van der Waals surface area contributed by atoms with Gasteiger partial charge in [0.2, 0.25) is 6.41 Å². The molecule has 1 spiro atoms. The van der Waals surface area contributed by atoms with Crippen molar-refractivity contribution in [1.29, 1.82) is 0 Å². The molecule has 0 aromatic heterocycles. The van der Waals surface area contributed by atoms with Crippen LogP contribution in [0.4, 0.5) is 0 Å². The molecule has 0 unspecified atom stereocenters. The van der Waals surface area contributed by atoms with Crippen molar-refractivity contribution in [1.82, 2.24) is 20.0 Å². The first-order chi connectivity index (χ1) is 19.0. The Morgan fingerprint density at radius 1 is 1.18 bits per heavy atom. The van der Waals surface area contributed by atoms with Gasteiger partial charge in [-0.15, -0.1) is 0 Å². The maximum Gasteiger partial charge on any atom is 0.290 e. The average Bonchev–Trinajstić information content (AvgIpc) is 2.91. The SMILES string of the molecule is C=N/C=C(\C=NCCN(CCNC)C1CC2(C1)CN(Cc1ccccc1)C2)N(C=O)CCCC.CC.O=CO. The van der Waals surface area contributed by atoms with Gasteiger partial charge in [0.15, 0.2) is 0 Å². The molecular weight excluding hydrogens is 492 g/mol. The van der Waals surface area contributed by atoms with Crippen LogP contribution in [0.15, 0.2) is 52.2 Å². The normalized spacial score (nSPS) is 16.4. The van der Waals surface area contributed by atoms with E-state index in [4.69, 9.17) is 9.90 Å². The minimum atomic E-state index is -0.250. The first kappa shape index (κ1) is 34.1. The highest BCUT2D eigenvalue weighted by atomic mass is 16.3. The van der Waals surface area contributed by atoms with E-state index >= 15 is 0 Å². The van der Waals surface area contributed by atoms with E-state index in [2.05, 4.69) is 69.1 Å². The maximum atomic E-state index is 11.5. The van der Waals surface area contributed by atoms with Crippen LogP contribution in [0.1, 0.15) is 52.0 Å². The highest BCUT2D eigenvalue weighted by molar-refractivity contribution is 5.81. The van der Waals surface area contributed by atoms with Crippen molar-refractivity contribution < 1.29 is 14.7 Å². The van der Waals surface area contributed by atoms with Crippen molar-refractivity contribution in [3.05, 3.63) is 47.8 Å². The molecule has 1 aliphatic heterocycles. The van der Waals surface area contributed by atoms with E-state index < -0.39 is 0 Å². The summed E-state index contributed by atoms with van der Waals surface area (Å²) in [6, 6.07) is 11.4. The van der Waals surface area contributed by atoms with E-state index in [1.54, 1.807) is 17.3 Å². The number of aliphatic imine (C=N–C) groups is 2. The number of benzene rings is 1. The van der Waals surface area contributed by atoms with Crippen molar-refractivity contribution in [3.63, 3.8) is 0 Å². The van der Waals surface area contributed by atoms with Gasteiger partial charge in [-0.25, -0.2) is 0 Å². The molecule has 1 amide bonds. The molecule has 2 N–H and O–H groups in total. The number of nitrogens with zero attached hydrogens (tertiary/aromatic N) is 5. The monoisotopic (exact) mass is 542 g/mol. The summed E-state index contributed by atoms with van der Waals surface area (Å²) in [5.74, 6) is 0. The maximum absolute atomic E-state index is 11.5. The van der Waals surface area contributed by atoms with E-state index in [1.807, 2.05) is 20.9 Å². The van der Waals surface area contributed by atoms with Gasteiger partial charge in [-0.3, -0.25) is 29.4 Å². The third kappa shape index (κ3) is 11.8. The third-order valence-corrected chi connectivity index (χ3v) is 7.04. The number of unbranched alkanes of at least 4 members (excludes halogenated alkanes) is 1. The Kier molecular flexibility index (Phi) is 17.6. The summed E-state index contributed by atoms with van der Waals surface area (Å²) in [6.45, 7) is 17.2. The van der Waals surface area contributed by atoms with Crippen molar-refractivity contribution in [2.75, 3.05) is 52.9 Å². The Morgan fingerprint density at radius 3 is 2.41 bits per heavy atom. The van der Waals surface area contributed by atoms with Gasteiger partial charge >= 0.3 is 0 Å². The second kappa shape index (κ2) is 20.1. The van der Waals surface area contributed by atoms with Gasteiger partial charge in [0.25, 0.3) is 6.47 Å². The van der Waals surface area contributed by atoms with E-state index in [9.17, 15) is 4.79 Å². The van der Waals surface area contributed by atoms with Crippen LogP contribution in [0.3, 0.4) is 0 Å². The molecule has 1 aromatic carbocycles. The number of hydrogen-bond donors (Lipinski definition) is 2. The molecule has 0 bridgehead atoms. The Hall–Kier alpha value is -2.88. The van der Waals surface area contributed by atoms with Crippen LogP contribution in [0.2, 0.25) is 0 Å². The van der Waals surface area contributed by atoms with Crippen molar-refractivity contribution in [2.24, 2.45) is 15.4 Å². The van der Waals surface area contributed by atoms with Gasteiger partial charge in [-0.05, 0) is 44.0 Å². The molecular formula is C30H50N6O3. The molecule has 0 radical (unpaired) electrons. The van der Waals surface area contributed by atoms with Crippen molar-refractivity contribution >= 4 is 25.8 Å². The quantitative estimate of drug-likeness (QED) is 0.244. The third-order valence-electron chi connectivity index (χ3n) is 7.04. The number of likely N-dealkylation sites (N-methyl/N-ethyl adjacent to an activating group) is 1. The predicted molar refractivity (Wildman–Crippen MR) is 161 cm³/mol. The first-order valence-electron chi connectivity index (χ1n) is 14.1. The number of carbonyl (C=O) groups is 2. The number of likely N-dealkylation sites (tertiary alicyclic amines) is 1. The molecule has 0 atom stereocenters. The van der Waals surface area contributed by atoms with Gasteiger partial charge < -0.3 is 15.3 Å². The number of hydrogen-bond acceptors (Lipinski definition) is 7. The molecule has 2 aliphatic rings. The number of carbonyl (C=O) groups excluding carboxylic acids is 1. The lowest BCUT2D eigenvalue weighted by Gasteiger charge is -2.61. The highest BCUT2D eigenvalue weighted by Crippen LogP contribution is 2.50. The van der Waals surface area contributed by atoms with Crippen molar-refractivity contribution in [3.8, 4) is 0 Å². The van der Waals surface area contributed by atoms with Crippen LogP contribution in [0.5, 0.6) is 0 Å². The van der Waals surface area contributed by atoms with E-state index in [0.717, 1.165) is 45.4 Å². The van der Waals surface area contributed by atoms with Crippen LogP contribution >= 0.6 is 0 Å². The topological polar surface area (TPSA) is 101 Å². The second-order valence-corrected chi connectivity index (χ2v) is 9.86. The smallest absolute Gasteiger partial charge is 0.290 e. The minimum Gasteiger partial charge on any atom is -0.483 e. The number of allylic oxidation sites excluding steroid dienone is 1. The van der Waals surface area contributed by atoms with Gasteiger partial charge in [0.1, 0.15) is 0 Å². The molecule has 39 heavy (non-hydrogen) atoms. The highest BCUT2D eigenvalue weighted by Gasteiger charge is 2.53. The molecule has 1 saturated heterocycles. The summed E-state index contributed by atoms with van der Waals surface area (Å²) in [6.07, 6.45) is 8.78. The number of nitrogens with one attached hydrogen (secondary N) is 1. The summed E-state index contributed by atoms with van der Waals surface area (Å²) in [5, 5.41) is 10.2. The molecule has 1 aromatic rings. The summed E-state index contributed by atoms with van der Waals surface area (Å²) in [5.41, 5.74) is 2.64. The van der Waals surface area contributed by atoms with Gasteiger partial charge in [-0.2, -0.15) is 0 Å². The predicted octanol–water partition coefficient (Wildman–Crippen LogP) is 3.77. The molecule has 1 aliphatic carbocycles. The standard InChI is InChI=1S/C27H42N6O.C2H6.CH2O2/c1-4-5-13-33(23-34)26(18-29-3)19-30-12-15-32(14-11-28-2)25-16-27(17-25)21-31(22-27)20-24-9-7-6-8-10-24;1-2;2-1-3/h6-10,18-19,23,25,28H,3-5,11-17,20-22H2,1-2H3;1-2H3;1H,(H,2,3)/b26-18+,30-19?;;. The Labute approximate surface area is 235 Å². The van der Waals surface area contributed by atoms with Crippen LogP contribution < -0.4 is 5.32 Å². The second-order valence-electron chi connectivity index (χ2n) is 9.86. The largest absolute Gasteiger partial charge is 0.483 e. The summed E-state index contributed by atoms with van der Waals surface area (Å²) in [7, 11) is 2.01. The lowest BCUT2D eigenvalue weighted by molar-refractivity contribution is -0.123. The molecule has 9 heteroatoms. The first-order valence-corrected chi connectivity index (χ1v) is 14.1. The average molecular weight is 543 g/mol. The number of carboxylic acid groups (broad SMARTS) is 1. The van der Waals surface area contributed by atoms with Crippen molar-refractivity contribution in [2.45, 2.75) is 59.0 Å². The fourth-order valence-corrected chi connectivity index (χ4v) is 5.23. The van der Waals surface area contributed by atoms with Gasteiger partial charge in [0.05, 0.1) is 18.4 Å². The van der Waals surface area contributed by atoms with E-state index in [0.29, 0.717) is 30.2 Å². The molecule has 2 fully saturated rings. The fourth-order valence-electron chi connectivity index (χ4n) is 5.23. The van der Waals surface area contributed by atoms with Crippen LogP contribution in [-0.4, -0.2) is 105 Å². The molecule has 3 rings (SSSR count). The summed E-state index contributed by atoms with van der Waals surface area (Å²) >= 11 is 0. The Bertz CT molecular complexity index is 863. The van der Waals surface area contributed by atoms with E-state index in [1.165, 1.54) is 31.5 Å². The Morgan fingerprint density at radius 2 is 1.85 bits per heavy atom. The van der Waals surface area contributed by atoms with Gasteiger partial charge in [0, 0.05) is 58.1 Å². The number of rotatable bonds is 16. The zero-order valence-corrected chi connectivity index (χ0v) is 24.5. The number of amides is 1. The Balaban J connectivity index is 0.00000142.